The molecule has 1 heterocycles. The molecule has 0 amide bonds. The Morgan fingerprint density at radius 3 is 2.39 bits per heavy atom. The van der Waals surface area contributed by atoms with Crippen molar-refractivity contribution in [2.24, 2.45) is 0 Å². The van der Waals surface area contributed by atoms with Gasteiger partial charge in [-0.25, -0.2) is 0 Å². The molecule has 0 saturated carbocycles. The Balaban J connectivity index is 0.00000242. The van der Waals surface area contributed by atoms with Crippen LogP contribution in [0.5, 0.6) is 5.75 Å². The van der Waals surface area contributed by atoms with Crippen LogP contribution in [0.15, 0.2) is 35.3 Å². The minimum Gasteiger partial charge on any atom is -0.405 e. The largest absolute Gasteiger partial charge is 0.573 e. The summed E-state index contributed by atoms with van der Waals surface area (Å²) in [5.41, 5.74) is 0.457. The van der Waals surface area contributed by atoms with Crippen molar-refractivity contribution in [1.29, 1.82) is 0 Å². The van der Waals surface area contributed by atoms with Gasteiger partial charge in [0.2, 0.25) is 0 Å². The van der Waals surface area contributed by atoms with Crippen molar-refractivity contribution in [3.63, 3.8) is 0 Å². The van der Waals surface area contributed by atoms with Crippen molar-refractivity contribution in [2.45, 2.75) is 12.4 Å². The van der Waals surface area contributed by atoms with Crippen LogP contribution in [-0.2, 0) is 0 Å². The maximum absolute atomic E-state index is 12.5. The molecule has 0 spiro atoms. The third-order valence-corrected chi connectivity index (χ3v) is 3.78. The van der Waals surface area contributed by atoms with Crippen LogP contribution in [0.25, 0.3) is 0 Å². The van der Waals surface area contributed by atoms with Gasteiger partial charge >= 0.3 is 6.36 Å². The highest BCUT2D eigenvalue weighted by Crippen LogP contribution is 2.35. The van der Waals surface area contributed by atoms with Gasteiger partial charge in [-0.05, 0) is 18.2 Å². The first kappa shape index (κ1) is 22.5. The van der Waals surface area contributed by atoms with Crippen LogP contribution in [-0.4, -0.2) is 37.4 Å². The summed E-state index contributed by atoms with van der Waals surface area (Å²) >= 11 is 3.30. The van der Waals surface area contributed by atoms with Gasteiger partial charge in [-0.15, -0.1) is 44.6 Å². The summed E-state index contributed by atoms with van der Waals surface area (Å²) in [6.45, 7) is 6.85. The van der Waals surface area contributed by atoms with Gasteiger partial charge in [-0.3, -0.25) is 4.90 Å². The summed E-state index contributed by atoms with van der Waals surface area (Å²) in [6.07, 6.45) is -3.06. The molecule has 23 heavy (non-hydrogen) atoms. The SMILES string of the molecule is C=C[C@H](c1cc(Br)ccc1OC(F)(F)F)N1CCNCC1.Cl.Cl. The molecule has 1 aromatic carbocycles. The molecule has 3 nitrogen and oxygen atoms in total. The molecular formula is C14H18BrCl2F3N2O. The van der Waals surface area contributed by atoms with E-state index in [1.54, 1.807) is 12.1 Å². The maximum Gasteiger partial charge on any atom is 0.573 e. The number of hydrogen-bond acceptors (Lipinski definition) is 3. The van der Waals surface area contributed by atoms with Gasteiger partial charge in [0, 0.05) is 36.2 Å². The van der Waals surface area contributed by atoms with E-state index in [1.165, 1.54) is 12.1 Å². The first-order chi connectivity index (χ1) is 9.90. The van der Waals surface area contributed by atoms with Crippen molar-refractivity contribution in [1.82, 2.24) is 10.2 Å². The number of ether oxygens (including phenoxy) is 1. The van der Waals surface area contributed by atoms with Gasteiger partial charge in [0.05, 0.1) is 6.04 Å². The van der Waals surface area contributed by atoms with Gasteiger partial charge in [0.15, 0.2) is 0 Å². The van der Waals surface area contributed by atoms with Crippen LogP contribution < -0.4 is 10.1 Å². The second-order valence-corrected chi connectivity index (χ2v) is 5.61. The van der Waals surface area contributed by atoms with E-state index in [0.29, 0.717) is 10.0 Å². The highest BCUT2D eigenvalue weighted by molar-refractivity contribution is 9.10. The molecule has 1 aromatic rings. The third kappa shape index (κ3) is 6.51. The van der Waals surface area contributed by atoms with E-state index in [0.717, 1.165) is 26.2 Å². The second-order valence-electron chi connectivity index (χ2n) is 4.70. The number of hydrogen-bond donors (Lipinski definition) is 1. The molecule has 1 aliphatic rings. The van der Waals surface area contributed by atoms with Gasteiger partial charge in [-0.2, -0.15) is 0 Å². The molecule has 0 aromatic heterocycles. The predicted molar refractivity (Wildman–Crippen MR) is 92.7 cm³/mol. The fraction of sp³-hybridized carbons (Fsp3) is 0.429. The normalized spacial score (nSPS) is 16.7. The van der Waals surface area contributed by atoms with Crippen molar-refractivity contribution >= 4 is 40.7 Å². The Morgan fingerprint density at radius 1 is 1.26 bits per heavy atom. The van der Waals surface area contributed by atoms with E-state index < -0.39 is 6.36 Å². The van der Waals surface area contributed by atoms with Crippen molar-refractivity contribution < 1.29 is 17.9 Å². The van der Waals surface area contributed by atoms with Crippen molar-refractivity contribution in [2.75, 3.05) is 26.2 Å². The van der Waals surface area contributed by atoms with E-state index >= 15 is 0 Å². The minimum absolute atomic E-state index is 0. The lowest BCUT2D eigenvalue weighted by atomic mass is 10.0. The average Bonchev–Trinajstić information content (AvgIpc) is 2.42. The Kier molecular flexibility index (Phi) is 9.54. The number of piperazine rings is 1. The molecule has 1 saturated heterocycles. The van der Waals surface area contributed by atoms with Crippen molar-refractivity contribution in [3.8, 4) is 5.75 Å². The quantitative estimate of drug-likeness (QED) is 0.709. The van der Waals surface area contributed by atoms with Crippen LogP contribution in [0.2, 0.25) is 0 Å². The van der Waals surface area contributed by atoms with E-state index in [4.69, 9.17) is 0 Å². The topological polar surface area (TPSA) is 24.5 Å². The molecule has 1 N–H and O–H groups in total. The van der Waals surface area contributed by atoms with Crippen molar-refractivity contribution in [3.05, 3.63) is 40.9 Å². The molecule has 0 bridgehead atoms. The summed E-state index contributed by atoms with van der Waals surface area (Å²) in [5, 5.41) is 3.21. The molecule has 1 atom stereocenters. The lowest BCUT2D eigenvalue weighted by Gasteiger charge is -2.34. The van der Waals surface area contributed by atoms with Gasteiger partial charge in [0.25, 0.3) is 0 Å². The van der Waals surface area contributed by atoms with Crippen LogP contribution >= 0.6 is 40.7 Å². The zero-order valence-corrected chi connectivity index (χ0v) is 15.3. The molecule has 9 heteroatoms. The molecular weight excluding hydrogens is 420 g/mol. The van der Waals surface area contributed by atoms with Crippen LogP contribution in [0.3, 0.4) is 0 Å². The number of rotatable bonds is 4. The Bertz CT molecular complexity index is 511. The Morgan fingerprint density at radius 2 is 1.87 bits per heavy atom. The lowest BCUT2D eigenvalue weighted by Crippen LogP contribution is -2.44. The number of nitrogens with one attached hydrogen (secondary N) is 1. The van der Waals surface area contributed by atoms with Gasteiger partial charge in [0.1, 0.15) is 5.75 Å². The summed E-state index contributed by atoms with van der Waals surface area (Å²) in [6, 6.07) is 4.19. The highest BCUT2D eigenvalue weighted by Gasteiger charge is 2.33. The lowest BCUT2D eigenvalue weighted by molar-refractivity contribution is -0.275. The molecule has 132 valence electrons. The van der Waals surface area contributed by atoms with Gasteiger partial charge < -0.3 is 10.1 Å². The van der Waals surface area contributed by atoms with Crippen LogP contribution in [0.4, 0.5) is 13.2 Å². The van der Waals surface area contributed by atoms with E-state index in [1.807, 2.05) is 0 Å². The fourth-order valence-electron chi connectivity index (χ4n) is 2.40. The third-order valence-electron chi connectivity index (χ3n) is 3.28. The molecule has 0 unspecified atom stereocenters. The maximum atomic E-state index is 12.5. The van der Waals surface area contributed by atoms with E-state index in [-0.39, 0.29) is 36.6 Å². The first-order valence-electron chi connectivity index (χ1n) is 6.53. The second kappa shape index (κ2) is 9.74. The van der Waals surface area contributed by atoms with Gasteiger partial charge in [-0.1, -0.05) is 22.0 Å². The number of halogens is 6. The zero-order chi connectivity index (χ0) is 15.5. The monoisotopic (exact) mass is 436 g/mol. The molecule has 0 radical (unpaired) electrons. The smallest absolute Gasteiger partial charge is 0.405 e. The van der Waals surface area contributed by atoms with E-state index in [2.05, 4.69) is 37.5 Å². The number of alkyl halides is 3. The highest BCUT2D eigenvalue weighted by atomic mass is 79.9. The summed E-state index contributed by atoms with van der Waals surface area (Å²) in [4.78, 5) is 2.08. The average molecular weight is 438 g/mol. The van der Waals surface area contributed by atoms with Crippen LogP contribution in [0, 0.1) is 0 Å². The number of benzene rings is 1. The molecule has 1 aliphatic heterocycles. The standard InChI is InChI=1S/C14H16BrF3N2O.2ClH/c1-2-12(20-7-5-19-6-8-20)11-9-10(15)3-4-13(11)21-14(16,17)18;;/h2-4,9,12,19H,1,5-8H2;2*1H/t12-;;/m1../s1. The summed E-state index contributed by atoms with van der Waals surface area (Å²) in [5.74, 6) is -0.186. The Labute approximate surface area is 154 Å². The predicted octanol–water partition coefficient (Wildman–Crippen LogP) is 4.32. The molecule has 0 aliphatic carbocycles. The minimum atomic E-state index is -4.71. The van der Waals surface area contributed by atoms with Crippen LogP contribution in [0.1, 0.15) is 11.6 Å². The fourth-order valence-corrected chi connectivity index (χ4v) is 2.78. The Hall–Kier alpha value is -0.470. The first-order valence-corrected chi connectivity index (χ1v) is 7.32. The van der Waals surface area contributed by atoms with E-state index in [9.17, 15) is 13.2 Å². The summed E-state index contributed by atoms with van der Waals surface area (Å²) < 4.78 is 42.5. The summed E-state index contributed by atoms with van der Waals surface area (Å²) in [7, 11) is 0. The molecule has 1 fully saturated rings. The number of nitrogens with zero attached hydrogens (tertiary/aromatic N) is 1. The zero-order valence-electron chi connectivity index (χ0n) is 12.1. The molecule has 2 rings (SSSR count).